The minimum Gasteiger partial charge on any atom is -0.487 e. The lowest BCUT2D eigenvalue weighted by molar-refractivity contribution is -0.385. The van der Waals surface area contributed by atoms with Gasteiger partial charge in [-0.1, -0.05) is 17.7 Å². The Morgan fingerprint density at radius 3 is 2.46 bits per heavy atom. The third-order valence-corrected chi connectivity index (χ3v) is 3.93. The standard InChI is InChI=1S/C17H17ClN4O6/c1-2-28-15-7-6-11(10-14(15)22(26)27)17(23)20-9-8-19-16-12(18)4-3-5-13(16)21(24)25/h3-7,10,19H,2,8-9H2,1H3,(H,20,23). The lowest BCUT2D eigenvalue weighted by Gasteiger charge is -2.10. The van der Waals surface area contributed by atoms with Crippen molar-refractivity contribution >= 4 is 34.6 Å². The molecule has 0 fully saturated rings. The number of amides is 1. The molecule has 1 amide bonds. The summed E-state index contributed by atoms with van der Waals surface area (Å²) in [6.07, 6.45) is 0. The first-order chi connectivity index (χ1) is 13.3. The number of carbonyl (C=O) groups is 1. The van der Waals surface area contributed by atoms with Crippen molar-refractivity contribution in [2.75, 3.05) is 25.0 Å². The van der Waals surface area contributed by atoms with Gasteiger partial charge in [-0.15, -0.1) is 0 Å². The van der Waals surface area contributed by atoms with Gasteiger partial charge in [-0.25, -0.2) is 0 Å². The number of rotatable bonds is 9. The highest BCUT2D eigenvalue weighted by molar-refractivity contribution is 6.33. The molecule has 0 aromatic heterocycles. The Morgan fingerprint density at radius 2 is 1.82 bits per heavy atom. The van der Waals surface area contributed by atoms with E-state index in [1.807, 2.05) is 0 Å². The van der Waals surface area contributed by atoms with Gasteiger partial charge >= 0.3 is 5.69 Å². The first-order valence-electron chi connectivity index (χ1n) is 8.21. The van der Waals surface area contributed by atoms with Gasteiger partial charge < -0.3 is 15.4 Å². The molecule has 0 atom stereocenters. The SMILES string of the molecule is CCOc1ccc(C(=O)NCCNc2c(Cl)cccc2[N+](=O)[O-])cc1[N+](=O)[O-]. The number of carbonyl (C=O) groups excluding carboxylic acids is 1. The molecule has 0 heterocycles. The number of nitro benzene ring substituents is 2. The van der Waals surface area contributed by atoms with E-state index in [9.17, 15) is 25.0 Å². The minimum absolute atomic E-state index is 0.0803. The summed E-state index contributed by atoms with van der Waals surface area (Å²) in [5.41, 5.74) is -0.237. The van der Waals surface area contributed by atoms with E-state index in [-0.39, 0.29) is 53.1 Å². The van der Waals surface area contributed by atoms with E-state index in [4.69, 9.17) is 16.3 Å². The monoisotopic (exact) mass is 408 g/mol. The van der Waals surface area contributed by atoms with Crippen LogP contribution in [0.5, 0.6) is 5.75 Å². The van der Waals surface area contributed by atoms with E-state index < -0.39 is 15.8 Å². The van der Waals surface area contributed by atoms with E-state index >= 15 is 0 Å². The summed E-state index contributed by atoms with van der Waals surface area (Å²) in [7, 11) is 0. The van der Waals surface area contributed by atoms with Crippen LogP contribution in [0.1, 0.15) is 17.3 Å². The van der Waals surface area contributed by atoms with Gasteiger partial charge in [0.25, 0.3) is 11.6 Å². The fraction of sp³-hybridized carbons (Fsp3) is 0.235. The van der Waals surface area contributed by atoms with Crippen molar-refractivity contribution in [2.45, 2.75) is 6.92 Å². The molecular formula is C17H17ClN4O6. The smallest absolute Gasteiger partial charge is 0.311 e. The maximum absolute atomic E-state index is 12.2. The Bertz CT molecular complexity index is 905. The molecule has 0 aliphatic rings. The van der Waals surface area contributed by atoms with Crippen LogP contribution in [0.4, 0.5) is 17.1 Å². The number of halogens is 1. The highest BCUT2D eigenvalue weighted by atomic mass is 35.5. The van der Waals surface area contributed by atoms with Crippen LogP contribution >= 0.6 is 11.6 Å². The molecular weight excluding hydrogens is 392 g/mol. The summed E-state index contributed by atoms with van der Waals surface area (Å²) in [5.74, 6) is -0.446. The summed E-state index contributed by atoms with van der Waals surface area (Å²) in [5, 5.41) is 27.7. The summed E-state index contributed by atoms with van der Waals surface area (Å²) >= 11 is 5.97. The predicted octanol–water partition coefficient (Wildman–Crippen LogP) is 3.40. The number of hydrogen-bond acceptors (Lipinski definition) is 7. The van der Waals surface area contributed by atoms with E-state index in [2.05, 4.69) is 10.6 Å². The average molecular weight is 409 g/mol. The fourth-order valence-electron chi connectivity index (χ4n) is 2.38. The van der Waals surface area contributed by atoms with Crippen molar-refractivity contribution in [1.82, 2.24) is 5.32 Å². The summed E-state index contributed by atoms with van der Waals surface area (Å²) in [6, 6.07) is 8.20. The number of ether oxygens (including phenoxy) is 1. The molecule has 10 nitrogen and oxygen atoms in total. The molecule has 0 radical (unpaired) electrons. The second-order valence-electron chi connectivity index (χ2n) is 5.45. The number of hydrogen-bond donors (Lipinski definition) is 2. The second-order valence-corrected chi connectivity index (χ2v) is 5.85. The molecule has 0 saturated heterocycles. The zero-order valence-electron chi connectivity index (χ0n) is 14.8. The Labute approximate surface area is 164 Å². The fourth-order valence-corrected chi connectivity index (χ4v) is 2.62. The van der Waals surface area contributed by atoms with Crippen LogP contribution in [0, 0.1) is 20.2 Å². The molecule has 11 heteroatoms. The maximum Gasteiger partial charge on any atom is 0.311 e. The van der Waals surface area contributed by atoms with Gasteiger partial charge in [-0.05, 0) is 25.1 Å². The number of nitrogens with one attached hydrogen (secondary N) is 2. The van der Waals surface area contributed by atoms with Gasteiger partial charge in [0.05, 0.1) is 21.5 Å². The second kappa shape index (κ2) is 9.51. The van der Waals surface area contributed by atoms with Gasteiger partial charge in [0.15, 0.2) is 5.75 Å². The molecule has 0 aliphatic heterocycles. The molecule has 0 bridgehead atoms. The Balaban J connectivity index is 1.99. The maximum atomic E-state index is 12.2. The highest BCUT2D eigenvalue weighted by Crippen LogP contribution is 2.31. The molecule has 0 spiro atoms. The Morgan fingerprint density at radius 1 is 1.11 bits per heavy atom. The molecule has 28 heavy (non-hydrogen) atoms. The normalized spacial score (nSPS) is 10.2. The van der Waals surface area contributed by atoms with Gasteiger partial charge in [-0.2, -0.15) is 0 Å². The zero-order valence-corrected chi connectivity index (χ0v) is 15.6. The summed E-state index contributed by atoms with van der Waals surface area (Å²) in [6.45, 7) is 2.23. The van der Waals surface area contributed by atoms with E-state index in [1.165, 1.54) is 30.3 Å². The van der Waals surface area contributed by atoms with Crippen molar-refractivity contribution in [3.05, 3.63) is 67.2 Å². The van der Waals surface area contributed by atoms with E-state index in [0.717, 1.165) is 6.07 Å². The van der Waals surface area contributed by atoms with Crippen molar-refractivity contribution in [3.8, 4) is 5.75 Å². The first-order valence-corrected chi connectivity index (χ1v) is 8.59. The molecule has 2 aromatic rings. The minimum atomic E-state index is -0.625. The number of nitro groups is 2. The van der Waals surface area contributed by atoms with Gasteiger partial charge in [0.2, 0.25) is 0 Å². The zero-order chi connectivity index (χ0) is 20.7. The number of anilines is 1. The van der Waals surface area contributed by atoms with Crippen molar-refractivity contribution in [2.24, 2.45) is 0 Å². The third-order valence-electron chi connectivity index (χ3n) is 3.62. The molecule has 148 valence electrons. The molecule has 0 aliphatic carbocycles. The molecule has 2 aromatic carbocycles. The van der Waals surface area contributed by atoms with Crippen LogP contribution in [0.3, 0.4) is 0 Å². The number of nitrogens with zero attached hydrogens (tertiary/aromatic N) is 2. The molecule has 2 rings (SSSR count). The topological polar surface area (TPSA) is 137 Å². The molecule has 2 N–H and O–H groups in total. The number of para-hydroxylation sites is 1. The van der Waals surface area contributed by atoms with Gasteiger partial charge in [-0.3, -0.25) is 25.0 Å². The Kier molecular flexibility index (Phi) is 7.10. The quantitative estimate of drug-likeness (QED) is 0.368. The van der Waals surface area contributed by atoms with E-state index in [0.29, 0.717) is 0 Å². The van der Waals surface area contributed by atoms with Crippen molar-refractivity contribution in [1.29, 1.82) is 0 Å². The van der Waals surface area contributed by atoms with Crippen LogP contribution in [0.15, 0.2) is 36.4 Å². The van der Waals surface area contributed by atoms with Crippen molar-refractivity contribution < 1.29 is 19.4 Å². The van der Waals surface area contributed by atoms with Crippen LogP contribution < -0.4 is 15.4 Å². The van der Waals surface area contributed by atoms with Crippen LogP contribution in [0.2, 0.25) is 5.02 Å². The molecule has 0 saturated carbocycles. The van der Waals surface area contributed by atoms with E-state index in [1.54, 1.807) is 6.92 Å². The van der Waals surface area contributed by atoms with Gasteiger partial charge in [0.1, 0.15) is 5.69 Å². The highest BCUT2D eigenvalue weighted by Gasteiger charge is 2.19. The van der Waals surface area contributed by atoms with Crippen LogP contribution in [0.25, 0.3) is 0 Å². The lowest BCUT2D eigenvalue weighted by atomic mass is 10.1. The largest absolute Gasteiger partial charge is 0.487 e. The third kappa shape index (κ3) is 5.07. The molecule has 0 unspecified atom stereocenters. The lowest BCUT2D eigenvalue weighted by Crippen LogP contribution is -2.29. The van der Waals surface area contributed by atoms with Gasteiger partial charge in [0, 0.05) is 30.8 Å². The van der Waals surface area contributed by atoms with Crippen LogP contribution in [-0.2, 0) is 0 Å². The van der Waals surface area contributed by atoms with Crippen LogP contribution in [-0.4, -0.2) is 35.5 Å². The van der Waals surface area contributed by atoms with Crippen molar-refractivity contribution in [3.63, 3.8) is 0 Å². The summed E-state index contributed by atoms with van der Waals surface area (Å²) in [4.78, 5) is 33.2. The Hall–Kier alpha value is -3.40. The predicted molar refractivity (Wildman–Crippen MR) is 103 cm³/mol. The average Bonchev–Trinajstić information content (AvgIpc) is 2.66. The number of benzene rings is 2. The summed E-state index contributed by atoms with van der Waals surface area (Å²) < 4.78 is 5.17. The first kappa shape index (κ1) is 20.9.